The van der Waals surface area contributed by atoms with Gasteiger partial charge in [0.05, 0.1) is 0 Å². The zero-order valence-corrected chi connectivity index (χ0v) is 10.9. The van der Waals surface area contributed by atoms with Gasteiger partial charge in [0.1, 0.15) is 24.3 Å². The molecule has 0 N–H and O–H groups in total. The smallest absolute Gasteiger partial charge is 0.138 e. The Morgan fingerprint density at radius 2 is 1.76 bits per heavy atom. The number of hydrogen-bond donors (Lipinski definition) is 0. The summed E-state index contributed by atoms with van der Waals surface area (Å²) in [6, 6.07) is 12.3. The molecular formula is C16H11F2N3. The molecule has 0 unspecified atom stereocenters. The van der Waals surface area contributed by atoms with Crippen LogP contribution in [0.5, 0.6) is 0 Å². The molecule has 0 spiro atoms. The fourth-order valence-corrected chi connectivity index (χ4v) is 2.02. The van der Waals surface area contributed by atoms with E-state index in [0.717, 1.165) is 0 Å². The van der Waals surface area contributed by atoms with E-state index in [4.69, 9.17) is 0 Å². The summed E-state index contributed by atoms with van der Waals surface area (Å²) in [6.07, 6.45) is 4.54. The van der Waals surface area contributed by atoms with Crippen molar-refractivity contribution in [2.75, 3.05) is 0 Å². The van der Waals surface area contributed by atoms with Crippen LogP contribution in [0, 0.1) is 11.6 Å². The van der Waals surface area contributed by atoms with E-state index < -0.39 is 0 Å². The van der Waals surface area contributed by atoms with Gasteiger partial charge in [-0.2, -0.15) is 5.10 Å². The first-order valence-corrected chi connectivity index (χ1v) is 6.31. The van der Waals surface area contributed by atoms with Gasteiger partial charge < -0.3 is 0 Å². The first-order chi connectivity index (χ1) is 10.2. The fourth-order valence-electron chi connectivity index (χ4n) is 2.02. The molecular weight excluding hydrogens is 272 g/mol. The zero-order chi connectivity index (χ0) is 14.7. The van der Waals surface area contributed by atoms with Crippen LogP contribution < -0.4 is 0 Å². The third-order valence-corrected chi connectivity index (χ3v) is 3.02. The van der Waals surface area contributed by atoms with Crippen LogP contribution >= 0.6 is 0 Å². The van der Waals surface area contributed by atoms with E-state index in [-0.39, 0.29) is 11.6 Å². The molecule has 2 aromatic carbocycles. The third kappa shape index (κ3) is 2.86. The maximum absolute atomic E-state index is 14.1. The molecule has 0 radical (unpaired) electrons. The van der Waals surface area contributed by atoms with Gasteiger partial charge in [-0.3, -0.25) is 0 Å². The fraction of sp³-hybridized carbons (Fsp3) is 0. The minimum absolute atomic E-state index is 0.340. The van der Waals surface area contributed by atoms with Crippen LogP contribution in [0.3, 0.4) is 0 Å². The van der Waals surface area contributed by atoms with Crippen molar-refractivity contribution >= 4 is 11.8 Å². The van der Waals surface area contributed by atoms with Crippen molar-refractivity contribution in [2.45, 2.75) is 0 Å². The Morgan fingerprint density at radius 1 is 1.00 bits per heavy atom. The second-order valence-electron chi connectivity index (χ2n) is 4.41. The Morgan fingerprint density at radius 3 is 2.43 bits per heavy atom. The predicted molar refractivity (Wildman–Crippen MR) is 76.1 cm³/mol. The minimum Gasteiger partial charge on any atom is -0.228 e. The van der Waals surface area contributed by atoms with Gasteiger partial charge in [0, 0.05) is 17.3 Å². The van der Waals surface area contributed by atoms with E-state index in [1.807, 2.05) is 0 Å². The summed E-state index contributed by atoms with van der Waals surface area (Å²) in [5.41, 5.74) is 1.70. The highest BCUT2D eigenvalue weighted by molar-refractivity contribution is 5.87. The average molecular weight is 283 g/mol. The van der Waals surface area contributed by atoms with Crippen LogP contribution in [0.1, 0.15) is 11.1 Å². The largest absolute Gasteiger partial charge is 0.228 e. The highest BCUT2D eigenvalue weighted by atomic mass is 19.1. The van der Waals surface area contributed by atoms with E-state index in [1.54, 1.807) is 36.5 Å². The number of benzene rings is 2. The molecule has 0 bridgehead atoms. The lowest BCUT2D eigenvalue weighted by molar-refractivity contribution is 0.624. The SMILES string of the molecule is Fc1ccc(/C(=C\n2cncn2)c2ccccc2F)cc1. The number of aromatic nitrogens is 3. The Kier molecular flexibility index (Phi) is 3.55. The maximum Gasteiger partial charge on any atom is 0.138 e. The van der Waals surface area contributed by atoms with E-state index in [2.05, 4.69) is 10.1 Å². The van der Waals surface area contributed by atoms with E-state index in [0.29, 0.717) is 16.7 Å². The number of hydrogen-bond acceptors (Lipinski definition) is 2. The van der Waals surface area contributed by atoms with E-state index in [1.165, 1.54) is 35.5 Å². The first kappa shape index (κ1) is 13.2. The Labute approximate surface area is 120 Å². The summed E-state index contributed by atoms with van der Waals surface area (Å²) in [6.45, 7) is 0. The van der Waals surface area contributed by atoms with Crippen LogP contribution in [0.4, 0.5) is 8.78 Å². The van der Waals surface area contributed by atoms with Gasteiger partial charge in [0.15, 0.2) is 0 Å². The molecule has 0 aliphatic heterocycles. The predicted octanol–water partition coefficient (Wildman–Crippen LogP) is 3.60. The van der Waals surface area contributed by atoms with Crippen LogP contribution in [-0.2, 0) is 0 Å². The van der Waals surface area contributed by atoms with Gasteiger partial charge in [-0.1, -0.05) is 30.3 Å². The molecule has 3 aromatic rings. The lowest BCUT2D eigenvalue weighted by atomic mass is 9.98. The number of rotatable bonds is 3. The summed E-state index contributed by atoms with van der Waals surface area (Å²) < 4.78 is 28.6. The maximum atomic E-state index is 14.1. The standard InChI is InChI=1S/C16H11F2N3/c17-13-7-5-12(6-8-13)15(9-21-11-19-10-20-21)14-3-1-2-4-16(14)18/h1-11H/b15-9+. The van der Waals surface area contributed by atoms with Gasteiger partial charge in [0.25, 0.3) is 0 Å². The van der Waals surface area contributed by atoms with Crippen molar-refractivity contribution in [3.05, 3.63) is 83.9 Å². The van der Waals surface area contributed by atoms with Crippen molar-refractivity contribution in [2.24, 2.45) is 0 Å². The monoisotopic (exact) mass is 283 g/mol. The molecule has 0 saturated carbocycles. The topological polar surface area (TPSA) is 30.7 Å². The van der Waals surface area contributed by atoms with Crippen LogP contribution in [0.15, 0.2) is 61.2 Å². The average Bonchev–Trinajstić information content (AvgIpc) is 3.00. The zero-order valence-electron chi connectivity index (χ0n) is 10.9. The molecule has 0 fully saturated rings. The number of nitrogens with zero attached hydrogens (tertiary/aromatic N) is 3. The second kappa shape index (κ2) is 5.66. The highest BCUT2D eigenvalue weighted by Gasteiger charge is 2.10. The Hall–Kier alpha value is -2.82. The Balaban J connectivity index is 2.16. The molecule has 3 nitrogen and oxygen atoms in total. The molecule has 5 heteroatoms. The molecule has 0 atom stereocenters. The van der Waals surface area contributed by atoms with Crippen LogP contribution in [-0.4, -0.2) is 14.8 Å². The lowest BCUT2D eigenvalue weighted by Gasteiger charge is -2.09. The molecule has 104 valence electrons. The summed E-state index contributed by atoms with van der Waals surface area (Å²) in [4.78, 5) is 3.85. The van der Waals surface area contributed by atoms with Crippen molar-refractivity contribution in [1.29, 1.82) is 0 Å². The van der Waals surface area contributed by atoms with Crippen molar-refractivity contribution in [3.8, 4) is 0 Å². The summed E-state index contributed by atoms with van der Waals surface area (Å²) in [5, 5.41) is 3.99. The van der Waals surface area contributed by atoms with Crippen LogP contribution in [0.25, 0.3) is 11.8 Å². The minimum atomic E-state index is -0.354. The highest BCUT2D eigenvalue weighted by Crippen LogP contribution is 2.26. The molecule has 1 heterocycles. The van der Waals surface area contributed by atoms with Gasteiger partial charge in [0.2, 0.25) is 0 Å². The van der Waals surface area contributed by atoms with Crippen LogP contribution in [0.2, 0.25) is 0 Å². The molecule has 0 aliphatic carbocycles. The second-order valence-corrected chi connectivity index (χ2v) is 4.41. The van der Waals surface area contributed by atoms with Gasteiger partial charge in [-0.25, -0.2) is 18.4 Å². The van der Waals surface area contributed by atoms with Gasteiger partial charge in [-0.15, -0.1) is 0 Å². The van der Waals surface area contributed by atoms with E-state index >= 15 is 0 Å². The quantitative estimate of drug-likeness (QED) is 0.735. The summed E-state index contributed by atoms with van der Waals surface area (Å²) >= 11 is 0. The molecule has 1 aromatic heterocycles. The molecule has 21 heavy (non-hydrogen) atoms. The van der Waals surface area contributed by atoms with E-state index in [9.17, 15) is 8.78 Å². The van der Waals surface area contributed by atoms with Gasteiger partial charge in [-0.05, 0) is 23.8 Å². The molecule has 0 saturated heterocycles. The Bertz CT molecular complexity index is 762. The van der Waals surface area contributed by atoms with Crippen molar-refractivity contribution < 1.29 is 8.78 Å². The van der Waals surface area contributed by atoms with Crippen molar-refractivity contribution in [1.82, 2.24) is 14.8 Å². The molecule has 3 rings (SSSR count). The van der Waals surface area contributed by atoms with Crippen molar-refractivity contribution in [3.63, 3.8) is 0 Å². The first-order valence-electron chi connectivity index (χ1n) is 6.31. The molecule has 0 amide bonds. The molecule has 0 aliphatic rings. The van der Waals surface area contributed by atoms with Gasteiger partial charge >= 0.3 is 0 Å². The third-order valence-electron chi connectivity index (χ3n) is 3.02. The number of halogens is 2. The lowest BCUT2D eigenvalue weighted by Crippen LogP contribution is -1.96. The summed E-state index contributed by atoms with van der Waals surface area (Å²) in [5.74, 6) is -0.694. The normalized spacial score (nSPS) is 11.6. The summed E-state index contributed by atoms with van der Waals surface area (Å²) in [7, 11) is 0.